The Labute approximate surface area is 64.6 Å². The molecule has 0 saturated carbocycles. The Balaban J connectivity index is 3.50. The second-order valence-corrected chi connectivity index (χ2v) is 12.1. The summed E-state index contributed by atoms with van der Waals surface area (Å²) < 4.78 is 5.40. The van der Waals surface area contributed by atoms with Gasteiger partial charge in [0.2, 0.25) is 0 Å². The van der Waals surface area contributed by atoms with Gasteiger partial charge in [0.25, 0.3) is 0 Å². The third-order valence-electron chi connectivity index (χ3n) is 2.08. The normalized spacial score (nSPS) is 20.0. The molecule has 0 spiro atoms. The average molecular weight is 178 g/mol. The Morgan fingerprint density at radius 1 is 1.33 bits per heavy atom. The van der Waals surface area contributed by atoms with Crippen LogP contribution in [0.1, 0.15) is 0 Å². The Hall–Kier alpha value is 0.611. The molecule has 0 aliphatic carbocycles. The molecular formula is C5H18OSi3. The Morgan fingerprint density at radius 2 is 1.78 bits per heavy atom. The Bertz CT molecular complexity index is 65.2. The summed E-state index contributed by atoms with van der Waals surface area (Å²) in [5, 5.41) is 0. The summed E-state index contributed by atoms with van der Waals surface area (Å²) in [6, 6.07) is 0. The predicted molar refractivity (Wildman–Crippen MR) is 52.6 cm³/mol. The van der Waals surface area contributed by atoms with Crippen LogP contribution in [0.2, 0.25) is 24.4 Å². The summed E-state index contributed by atoms with van der Waals surface area (Å²) in [4.78, 5) is 1.16. The van der Waals surface area contributed by atoms with Crippen LogP contribution in [0, 0.1) is 0 Å². The molecule has 0 amide bonds. The molecule has 0 aliphatic rings. The van der Waals surface area contributed by atoms with Crippen LogP contribution in [0.4, 0.5) is 0 Å². The minimum Gasteiger partial charge on any atom is -0.424 e. The van der Waals surface area contributed by atoms with Crippen LogP contribution in [0.25, 0.3) is 0 Å². The smallest absolute Gasteiger partial charge is 0.170 e. The van der Waals surface area contributed by atoms with Crippen LogP contribution in [-0.4, -0.2) is 35.2 Å². The fourth-order valence-corrected chi connectivity index (χ4v) is 10.3. The first-order chi connectivity index (χ1) is 4.26. The van der Waals surface area contributed by atoms with E-state index >= 15 is 0 Å². The Morgan fingerprint density at radius 3 is 1.89 bits per heavy atom. The van der Waals surface area contributed by atoms with Gasteiger partial charge in [0.15, 0.2) is 9.04 Å². The molecule has 0 radical (unpaired) electrons. The standard InChI is InChI=1S/C5H18OSi3/c1-6-9(4)5(7-2)8-3/h5,9H,7-8H2,1-4H3. The quantitative estimate of drug-likeness (QED) is 0.538. The van der Waals surface area contributed by atoms with Gasteiger partial charge in [-0.15, -0.1) is 0 Å². The maximum Gasteiger partial charge on any atom is 0.170 e. The third kappa shape index (κ3) is 3.34. The first-order valence-electron chi connectivity index (χ1n) is 3.79. The van der Waals surface area contributed by atoms with Crippen molar-refractivity contribution in [2.45, 2.75) is 24.4 Å². The fraction of sp³-hybridized carbons (Fsp3) is 1.00. The average Bonchev–Trinajstić information content (AvgIpc) is 1.90. The lowest BCUT2D eigenvalue weighted by molar-refractivity contribution is 0.426. The van der Waals surface area contributed by atoms with E-state index in [1.807, 2.05) is 7.11 Å². The number of rotatable bonds is 4. The topological polar surface area (TPSA) is 9.23 Å². The summed E-state index contributed by atoms with van der Waals surface area (Å²) in [5.41, 5.74) is 0. The van der Waals surface area contributed by atoms with E-state index in [1.165, 1.54) is 0 Å². The molecule has 9 heavy (non-hydrogen) atoms. The second-order valence-electron chi connectivity index (χ2n) is 2.52. The summed E-state index contributed by atoms with van der Waals surface area (Å²) in [6.07, 6.45) is 0. The zero-order valence-corrected chi connectivity index (χ0v) is 11.0. The van der Waals surface area contributed by atoms with Crippen molar-refractivity contribution in [2.75, 3.05) is 7.11 Å². The van der Waals surface area contributed by atoms with Crippen LogP contribution in [0.15, 0.2) is 0 Å². The molecule has 1 nitrogen and oxygen atoms in total. The van der Waals surface area contributed by atoms with Crippen molar-refractivity contribution in [2.24, 2.45) is 0 Å². The molecule has 0 N–H and O–H groups in total. The highest BCUT2D eigenvalue weighted by Crippen LogP contribution is 2.05. The largest absolute Gasteiger partial charge is 0.424 e. The van der Waals surface area contributed by atoms with Gasteiger partial charge in [-0.2, -0.15) is 0 Å². The predicted octanol–water partition coefficient (Wildman–Crippen LogP) is -0.295. The minimum atomic E-state index is -0.673. The van der Waals surface area contributed by atoms with Gasteiger partial charge in [-0.3, -0.25) is 0 Å². The zero-order chi connectivity index (χ0) is 7.28. The van der Waals surface area contributed by atoms with E-state index in [0.29, 0.717) is 0 Å². The zero-order valence-electron chi connectivity index (χ0n) is 6.98. The molecule has 4 heteroatoms. The number of hydrogen-bond donors (Lipinski definition) is 0. The molecule has 0 aromatic rings. The molecule has 0 aromatic carbocycles. The van der Waals surface area contributed by atoms with E-state index in [-0.39, 0.29) is 19.0 Å². The van der Waals surface area contributed by atoms with Crippen molar-refractivity contribution in [1.29, 1.82) is 0 Å². The third-order valence-corrected chi connectivity index (χ3v) is 16.5. The molecule has 0 heterocycles. The highest BCUT2D eigenvalue weighted by molar-refractivity contribution is 6.80. The lowest BCUT2D eigenvalue weighted by atomic mass is 11.8. The first kappa shape index (κ1) is 9.61. The van der Waals surface area contributed by atoms with E-state index in [0.717, 1.165) is 4.79 Å². The van der Waals surface area contributed by atoms with Crippen LogP contribution >= 0.6 is 0 Å². The molecule has 0 aromatic heterocycles. The van der Waals surface area contributed by atoms with E-state index < -0.39 is 9.04 Å². The number of hydrogen-bond acceptors (Lipinski definition) is 1. The van der Waals surface area contributed by atoms with Crippen LogP contribution in [0.3, 0.4) is 0 Å². The van der Waals surface area contributed by atoms with Crippen LogP contribution in [0.5, 0.6) is 0 Å². The summed E-state index contributed by atoms with van der Waals surface area (Å²) in [6.45, 7) is 7.19. The Kier molecular flexibility index (Phi) is 5.77. The van der Waals surface area contributed by atoms with Crippen LogP contribution in [-0.2, 0) is 4.43 Å². The lowest BCUT2D eigenvalue weighted by Gasteiger charge is -2.16. The fourth-order valence-electron chi connectivity index (χ4n) is 1.14. The second kappa shape index (κ2) is 5.40. The lowest BCUT2D eigenvalue weighted by Crippen LogP contribution is -2.26. The summed E-state index contributed by atoms with van der Waals surface area (Å²) in [7, 11) is 1.75. The van der Waals surface area contributed by atoms with Gasteiger partial charge in [-0.1, -0.05) is 13.1 Å². The van der Waals surface area contributed by atoms with Gasteiger partial charge < -0.3 is 4.43 Å². The monoisotopic (exact) mass is 178 g/mol. The van der Waals surface area contributed by atoms with Gasteiger partial charge in [-0.25, -0.2) is 0 Å². The van der Waals surface area contributed by atoms with E-state index in [9.17, 15) is 0 Å². The summed E-state index contributed by atoms with van der Waals surface area (Å²) >= 11 is 0. The van der Waals surface area contributed by atoms with Crippen molar-refractivity contribution in [3.05, 3.63) is 0 Å². The summed E-state index contributed by atoms with van der Waals surface area (Å²) in [5.74, 6) is 0. The van der Waals surface area contributed by atoms with Crippen LogP contribution < -0.4 is 0 Å². The van der Waals surface area contributed by atoms with Crippen molar-refractivity contribution >= 4 is 28.1 Å². The molecule has 0 aliphatic heterocycles. The van der Waals surface area contributed by atoms with Crippen molar-refractivity contribution in [3.8, 4) is 0 Å². The van der Waals surface area contributed by atoms with E-state index in [1.54, 1.807) is 0 Å². The minimum absolute atomic E-state index is 0.268. The highest BCUT2D eigenvalue weighted by atomic mass is 28.4. The van der Waals surface area contributed by atoms with Gasteiger partial charge in [0.1, 0.15) is 0 Å². The van der Waals surface area contributed by atoms with E-state index in [2.05, 4.69) is 19.6 Å². The van der Waals surface area contributed by atoms with E-state index in [4.69, 9.17) is 4.43 Å². The molecular weight excluding hydrogens is 160 g/mol. The van der Waals surface area contributed by atoms with Gasteiger partial charge in [0.05, 0.1) is 0 Å². The van der Waals surface area contributed by atoms with Crippen molar-refractivity contribution < 1.29 is 4.43 Å². The highest BCUT2D eigenvalue weighted by Gasteiger charge is 2.14. The maximum atomic E-state index is 5.40. The molecule has 1 unspecified atom stereocenters. The first-order valence-corrected chi connectivity index (χ1v) is 10.5. The molecule has 0 fully saturated rings. The molecule has 0 saturated heterocycles. The van der Waals surface area contributed by atoms with Gasteiger partial charge >= 0.3 is 0 Å². The molecule has 1 atom stereocenters. The van der Waals surface area contributed by atoms with Crippen molar-refractivity contribution in [1.82, 2.24) is 0 Å². The molecule has 0 rings (SSSR count). The van der Waals surface area contributed by atoms with Gasteiger partial charge in [-0.05, 0) is 11.3 Å². The van der Waals surface area contributed by atoms with Gasteiger partial charge in [0, 0.05) is 26.1 Å². The van der Waals surface area contributed by atoms with Crippen molar-refractivity contribution in [3.63, 3.8) is 0 Å². The molecule has 56 valence electrons. The maximum absolute atomic E-state index is 5.40. The molecule has 0 bridgehead atoms. The SMILES string of the molecule is CO[SiH](C)C([SiH2]C)[SiH2]C.